The molecule has 0 fully saturated rings. The van der Waals surface area contributed by atoms with Crippen LogP contribution in [0.2, 0.25) is 0 Å². The summed E-state index contributed by atoms with van der Waals surface area (Å²) in [5, 5.41) is 21.3. The second kappa shape index (κ2) is 10.4. The van der Waals surface area contributed by atoms with Crippen LogP contribution in [0, 0.1) is 6.92 Å². The first-order chi connectivity index (χ1) is 18.6. The van der Waals surface area contributed by atoms with Gasteiger partial charge in [0.05, 0.1) is 24.1 Å². The van der Waals surface area contributed by atoms with E-state index in [9.17, 15) is 9.90 Å². The Kier molecular flexibility index (Phi) is 7.02. The molecule has 6 rings (SSSR count). The molecule has 7 heteroatoms. The number of hydrogen-bond donors (Lipinski definition) is 2. The van der Waals surface area contributed by atoms with Gasteiger partial charge in [0.2, 0.25) is 0 Å². The number of aromatic nitrogens is 3. The molecule has 0 atom stereocenters. The van der Waals surface area contributed by atoms with Crippen LogP contribution in [0.1, 0.15) is 37.5 Å². The van der Waals surface area contributed by atoms with Gasteiger partial charge in [-0.3, -0.25) is 9.78 Å². The summed E-state index contributed by atoms with van der Waals surface area (Å²) >= 11 is 0. The summed E-state index contributed by atoms with van der Waals surface area (Å²) in [6.07, 6.45) is 7.69. The van der Waals surface area contributed by atoms with Crippen LogP contribution in [0.15, 0.2) is 67.4 Å². The Hall–Kier alpha value is -4.36. The first kappa shape index (κ1) is 26.3. The molecule has 2 aromatic heterocycles. The molecule has 198 valence electrons. The maximum absolute atomic E-state index is 11.9. The fourth-order valence-corrected chi connectivity index (χ4v) is 5.01. The largest absolute Gasteiger partial charge is 0.493 e. The minimum absolute atomic E-state index is 0.0647. The average molecular weight is 522 g/mol. The van der Waals surface area contributed by atoms with Crippen LogP contribution in [0.3, 0.4) is 0 Å². The quantitative estimate of drug-likeness (QED) is 0.292. The molecule has 0 bridgehead atoms. The van der Waals surface area contributed by atoms with Gasteiger partial charge in [-0.25, -0.2) is 9.97 Å². The highest BCUT2D eigenvalue weighted by atomic mass is 16.5. The molecule has 0 saturated heterocycles. The number of carbonyl (C=O) groups is 1. The number of benzene rings is 3. The summed E-state index contributed by atoms with van der Waals surface area (Å²) in [5.74, 6) is -0.0306. The first-order valence-corrected chi connectivity index (χ1v) is 12.9. The van der Waals surface area contributed by atoms with E-state index in [0.717, 1.165) is 67.2 Å². The number of pyridine rings is 1. The molecule has 7 nitrogen and oxygen atoms in total. The molecular formula is C32H31N3O4. The Morgan fingerprint density at radius 2 is 1.77 bits per heavy atom. The highest BCUT2D eigenvalue weighted by molar-refractivity contribution is 6.09. The van der Waals surface area contributed by atoms with Crippen molar-refractivity contribution in [2.45, 2.75) is 46.1 Å². The average Bonchev–Trinajstić information content (AvgIpc) is 2.89. The number of carboxylic acid groups (broad SMARTS) is 1. The highest BCUT2D eigenvalue weighted by Gasteiger charge is 2.22. The monoisotopic (exact) mass is 521 g/mol. The fraction of sp³-hybridized carbons (Fsp3) is 0.250. The van der Waals surface area contributed by atoms with E-state index in [1.165, 1.54) is 11.9 Å². The molecule has 0 saturated carbocycles. The van der Waals surface area contributed by atoms with Gasteiger partial charge in [0.25, 0.3) is 0 Å². The van der Waals surface area contributed by atoms with Crippen molar-refractivity contribution in [3.63, 3.8) is 0 Å². The number of fused-ring (bicyclic) bond motifs is 1. The van der Waals surface area contributed by atoms with Gasteiger partial charge >= 0.3 is 5.97 Å². The molecule has 0 spiro atoms. The summed E-state index contributed by atoms with van der Waals surface area (Å²) in [6.45, 7) is 7.85. The molecule has 0 amide bonds. The summed E-state index contributed by atoms with van der Waals surface area (Å²) in [7, 11) is 0. The van der Waals surface area contributed by atoms with Crippen molar-refractivity contribution >= 4 is 27.6 Å². The standard InChI is InChI=1S/C28H21N3O3.C4H10O/c1-16-10-19-11-18(20-13-29-15-30-14-20)2-3-21(19)27(23(16)12-25(32)33)22-4-5-24-26-17(7-9-34-24)6-8-31-28(22)26;1-4(2,3)5/h2-6,8,10-11,13-15H,7,9,12H2,1H3,(H,32,33);5H,1-3H3. The SMILES string of the molecule is CC(C)(C)O.Cc1cc2cc(-c3cncnc3)ccc2c(-c2ccc3c4c(ccnc24)CCO3)c1CC(=O)O. The van der Waals surface area contributed by atoms with Crippen molar-refractivity contribution in [2.24, 2.45) is 0 Å². The fourth-order valence-electron chi connectivity index (χ4n) is 5.01. The van der Waals surface area contributed by atoms with E-state index < -0.39 is 11.6 Å². The predicted molar refractivity (Wildman–Crippen MR) is 153 cm³/mol. The predicted octanol–water partition coefficient (Wildman–Crippen LogP) is 6.16. The van der Waals surface area contributed by atoms with Crippen LogP contribution in [-0.2, 0) is 17.6 Å². The Balaban J connectivity index is 0.000000567. The lowest BCUT2D eigenvalue weighted by molar-refractivity contribution is -0.136. The number of nitrogens with zero attached hydrogens (tertiary/aromatic N) is 3. The summed E-state index contributed by atoms with van der Waals surface area (Å²) in [4.78, 5) is 24.9. The van der Waals surface area contributed by atoms with Crippen molar-refractivity contribution in [3.8, 4) is 28.0 Å². The maximum Gasteiger partial charge on any atom is 0.307 e. The molecule has 0 radical (unpaired) electrons. The van der Waals surface area contributed by atoms with Gasteiger partial charge in [-0.05, 0) is 90.6 Å². The molecular weight excluding hydrogens is 490 g/mol. The van der Waals surface area contributed by atoms with E-state index in [0.29, 0.717) is 6.61 Å². The van der Waals surface area contributed by atoms with Crippen LogP contribution < -0.4 is 4.74 Å². The van der Waals surface area contributed by atoms with Crippen molar-refractivity contribution < 1.29 is 19.7 Å². The molecule has 2 N–H and O–H groups in total. The lowest BCUT2D eigenvalue weighted by Gasteiger charge is -2.22. The van der Waals surface area contributed by atoms with Crippen molar-refractivity contribution in [2.75, 3.05) is 6.61 Å². The van der Waals surface area contributed by atoms with Crippen LogP contribution >= 0.6 is 0 Å². The zero-order chi connectivity index (χ0) is 27.7. The number of aryl methyl sites for hydroxylation is 1. The second-order valence-electron chi connectivity index (χ2n) is 10.8. The number of rotatable bonds is 4. The summed E-state index contributed by atoms with van der Waals surface area (Å²) in [6, 6.07) is 14.3. The van der Waals surface area contributed by atoms with Crippen molar-refractivity contribution in [3.05, 3.63) is 84.1 Å². The van der Waals surface area contributed by atoms with Gasteiger partial charge in [-0.1, -0.05) is 18.2 Å². The van der Waals surface area contributed by atoms with E-state index in [1.807, 2.05) is 37.4 Å². The molecule has 39 heavy (non-hydrogen) atoms. The van der Waals surface area contributed by atoms with Gasteiger partial charge in [0.1, 0.15) is 12.1 Å². The van der Waals surface area contributed by atoms with E-state index >= 15 is 0 Å². The topological polar surface area (TPSA) is 105 Å². The third kappa shape index (κ3) is 5.59. The van der Waals surface area contributed by atoms with Crippen LogP contribution in [-0.4, -0.2) is 43.3 Å². The van der Waals surface area contributed by atoms with E-state index in [4.69, 9.17) is 14.8 Å². The number of ether oxygens (including phenoxy) is 1. The number of carboxylic acids is 1. The Morgan fingerprint density at radius 3 is 2.49 bits per heavy atom. The Bertz CT molecular complexity index is 1680. The summed E-state index contributed by atoms with van der Waals surface area (Å²) < 4.78 is 5.91. The van der Waals surface area contributed by atoms with Crippen molar-refractivity contribution in [1.29, 1.82) is 0 Å². The lowest BCUT2D eigenvalue weighted by atomic mass is 9.86. The molecule has 3 aromatic carbocycles. The third-order valence-corrected chi connectivity index (χ3v) is 6.53. The molecule has 0 aliphatic carbocycles. The van der Waals surface area contributed by atoms with E-state index in [1.54, 1.807) is 33.2 Å². The second-order valence-corrected chi connectivity index (χ2v) is 10.8. The lowest BCUT2D eigenvalue weighted by Crippen LogP contribution is -2.10. The Labute approximate surface area is 227 Å². The van der Waals surface area contributed by atoms with Crippen molar-refractivity contribution in [1.82, 2.24) is 15.0 Å². The van der Waals surface area contributed by atoms with Crippen LogP contribution in [0.5, 0.6) is 5.75 Å². The normalized spacial score (nSPS) is 12.5. The summed E-state index contributed by atoms with van der Waals surface area (Å²) in [5.41, 5.74) is 7.05. The molecule has 1 aliphatic rings. The number of hydrogen-bond acceptors (Lipinski definition) is 6. The zero-order valence-corrected chi connectivity index (χ0v) is 22.5. The van der Waals surface area contributed by atoms with Crippen LogP contribution in [0.4, 0.5) is 0 Å². The van der Waals surface area contributed by atoms with Gasteiger partial charge in [-0.15, -0.1) is 0 Å². The maximum atomic E-state index is 11.9. The number of aliphatic carboxylic acids is 1. The van der Waals surface area contributed by atoms with Gasteiger partial charge < -0.3 is 14.9 Å². The van der Waals surface area contributed by atoms with E-state index in [2.05, 4.69) is 28.2 Å². The molecule has 0 unspecified atom stereocenters. The zero-order valence-electron chi connectivity index (χ0n) is 22.5. The smallest absolute Gasteiger partial charge is 0.307 e. The highest BCUT2D eigenvalue weighted by Crippen LogP contribution is 2.42. The van der Waals surface area contributed by atoms with Gasteiger partial charge in [0, 0.05) is 41.5 Å². The minimum atomic E-state index is -0.860. The third-order valence-electron chi connectivity index (χ3n) is 6.53. The molecule has 5 aromatic rings. The Morgan fingerprint density at radius 1 is 1.03 bits per heavy atom. The molecule has 3 heterocycles. The van der Waals surface area contributed by atoms with Gasteiger partial charge in [-0.2, -0.15) is 0 Å². The van der Waals surface area contributed by atoms with Crippen LogP contribution in [0.25, 0.3) is 43.9 Å². The first-order valence-electron chi connectivity index (χ1n) is 12.9. The van der Waals surface area contributed by atoms with Gasteiger partial charge in [0.15, 0.2) is 0 Å². The van der Waals surface area contributed by atoms with E-state index in [-0.39, 0.29) is 6.42 Å². The molecule has 1 aliphatic heterocycles. The number of aliphatic hydroxyl groups is 1. The minimum Gasteiger partial charge on any atom is -0.493 e.